The Morgan fingerprint density at radius 1 is 0.656 bits per heavy atom. The molecule has 64 heavy (non-hydrogen) atoms. The Hall–Kier alpha value is -6.70. The summed E-state index contributed by atoms with van der Waals surface area (Å²) in [6.45, 7) is 13.7. The van der Waals surface area contributed by atoms with Crippen molar-refractivity contribution in [2.24, 2.45) is 0 Å². The smallest absolute Gasteiger partial charge is 0.0707 e. The SMILES string of the molecule is C=CC(C/C=C/N(C1=CC2=C(CC1)c1ccccc1C2(C1=CCCC=C1)c1ccccc1)C(C=C)CC(=C)C1=Cc2ccc3c(c2CC1)CCC=C3)c1ccc(-c2ccccc2)cc1. The minimum absolute atomic E-state index is 0.0177. The predicted octanol–water partition coefficient (Wildman–Crippen LogP) is 16.0. The Balaban J connectivity index is 1.02. The van der Waals surface area contributed by atoms with Gasteiger partial charge in [0.2, 0.25) is 0 Å². The summed E-state index contributed by atoms with van der Waals surface area (Å²) >= 11 is 0. The highest BCUT2D eigenvalue weighted by molar-refractivity contribution is 5.89. The lowest BCUT2D eigenvalue weighted by molar-refractivity contribution is 0.374. The van der Waals surface area contributed by atoms with Gasteiger partial charge in [-0.2, -0.15) is 0 Å². The van der Waals surface area contributed by atoms with Crippen LogP contribution in [0.2, 0.25) is 0 Å². The number of fused-ring (bicyclic) bond motifs is 5. The minimum Gasteiger partial charge on any atom is -0.345 e. The van der Waals surface area contributed by atoms with E-state index in [1.54, 1.807) is 5.56 Å². The molecule has 0 aromatic heterocycles. The van der Waals surface area contributed by atoms with Crippen molar-refractivity contribution in [1.29, 1.82) is 0 Å². The van der Waals surface area contributed by atoms with E-state index in [0.29, 0.717) is 0 Å². The molecule has 5 aromatic rings. The number of hydrogen-bond acceptors (Lipinski definition) is 1. The summed E-state index contributed by atoms with van der Waals surface area (Å²) in [4.78, 5) is 2.55. The van der Waals surface area contributed by atoms with Crippen molar-refractivity contribution in [1.82, 2.24) is 4.90 Å². The van der Waals surface area contributed by atoms with Crippen LogP contribution in [0.4, 0.5) is 0 Å². The van der Waals surface area contributed by atoms with Gasteiger partial charge in [-0.15, -0.1) is 13.2 Å². The summed E-state index contributed by atoms with van der Waals surface area (Å²) in [5.74, 6) is 0.184. The third kappa shape index (κ3) is 7.62. The summed E-state index contributed by atoms with van der Waals surface area (Å²) in [7, 11) is 0. The first-order chi connectivity index (χ1) is 31.6. The second kappa shape index (κ2) is 18.2. The average Bonchev–Trinajstić information content (AvgIpc) is 3.67. The van der Waals surface area contributed by atoms with Gasteiger partial charge < -0.3 is 4.90 Å². The van der Waals surface area contributed by atoms with Gasteiger partial charge in [0.15, 0.2) is 0 Å². The molecule has 3 unspecified atom stereocenters. The maximum atomic E-state index is 4.81. The molecule has 0 saturated carbocycles. The van der Waals surface area contributed by atoms with Gasteiger partial charge in [0.05, 0.1) is 11.5 Å². The molecule has 5 aliphatic rings. The fourth-order valence-corrected chi connectivity index (χ4v) is 11.3. The molecule has 0 radical (unpaired) electrons. The quantitative estimate of drug-likeness (QED) is 0.101. The lowest BCUT2D eigenvalue weighted by Crippen LogP contribution is -2.33. The summed E-state index contributed by atoms with van der Waals surface area (Å²) in [6.07, 6.45) is 36.0. The van der Waals surface area contributed by atoms with Crippen molar-refractivity contribution in [2.45, 2.75) is 81.6 Å². The number of hydrogen-bond donors (Lipinski definition) is 0. The summed E-state index contributed by atoms with van der Waals surface area (Å²) in [5, 5.41) is 0. The molecule has 316 valence electrons. The normalized spacial score (nSPS) is 19.3. The van der Waals surface area contributed by atoms with Crippen molar-refractivity contribution in [3.63, 3.8) is 0 Å². The van der Waals surface area contributed by atoms with E-state index >= 15 is 0 Å². The highest BCUT2D eigenvalue weighted by Gasteiger charge is 2.48. The van der Waals surface area contributed by atoms with E-state index in [4.69, 9.17) is 6.58 Å². The van der Waals surface area contributed by atoms with E-state index in [1.807, 2.05) is 0 Å². The van der Waals surface area contributed by atoms with Gasteiger partial charge >= 0.3 is 0 Å². The van der Waals surface area contributed by atoms with Crippen molar-refractivity contribution in [3.05, 3.63) is 268 Å². The third-order valence-electron chi connectivity index (χ3n) is 14.6. The monoisotopic (exact) mass is 829 g/mol. The van der Waals surface area contributed by atoms with Gasteiger partial charge in [-0.3, -0.25) is 0 Å². The number of rotatable bonds is 14. The van der Waals surface area contributed by atoms with Crippen LogP contribution in [0, 0.1) is 0 Å². The molecule has 0 amide bonds. The molecule has 3 atom stereocenters. The molecule has 0 heterocycles. The van der Waals surface area contributed by atoms with Crippen LogP contribution in [-0.2, 0) is 18.3 Å². The van der Waals surface area contributed by atoms with Gasteiger partial charge in [-0.25, -0.2) is 0 Å². The van der Waals surface area contributed by atoms with Crippen LogP contribution in [0.25, 0.3) is 28.9 Å². The molecule has 0 saturated heterocycles. The van der Waals surface area contributed by atoms with Gasteiger partial charge in [-0.05, 0) is 154 Å². The van der Waals surface area contributed by atoms with Gasteiger partial charge in [0.1, 0.15) is 0 Å². The average molecular weight is 830 g/mol. The fraction of sp³-hybridized carbons (Fsp3) is 0.206. The van der Waals surface area contributed by atoms with E-state index in [1.165, 1.54) is 83.6 Å². The second-order valence-electron chi connectivity index (χ2n) is 18.1. The zero-order chi connectivity index (χ0) is 43.5. The van der Waals surface area contributed by atoms with E-state index in [0.717, 1.165) is 64.2 Å². The Kier molecular flexibility index (Phi) is 11.7. The molecule has 5 aliphatic carbocycles. The van der Waals surface area contributed by atoms with E-state index < -0.39 is 5.41 Å². The van der Waals surface area contributed by atoms with Crippen LogP contribution < -0.4 is 0 Å². The first-order valence-corrected chi connectivity index (χ1v) is 23.6. The van der Waals surface area contributed by atoms with Gasteiger partial charge in [-0.1, -0.05) is 183 Å². The largest absolute Gasteiger partial charge is 0.345 e. The molecule has 5 aromatic carbocycles. The van der Waals surface area contributed by atoms with E-state index in [9.17, 15) is 0 Å². The van der Waals surface area contributed by atoms with Crippen molar-refractivity contribution in [2.75, 3.05) is 0 Å². The van der Waals surface area contributed by atoms with Crippen molar-refractivity contribution >= 4 is 17.7 Å². The van der Waals surface area contributed by atoms with Crippen LogP contribution in [-0.4, -0.2) is 10.9 Å². The Bertz CT molecular complexity index is 2820. The summed E-state index contributed by atoms with van der Waals surface area (Å²) in [6, 6.07) is 44.8. The first-order valence-electron chi connectivity index (χ1n) is 23.6. The molecular weight excluding hydrogens is 771 g/mol. The Morgan fingerprint density at radius 2 is 1.39 bits per heavy atom. The molecule has 0 spiro atoms. The molecule has 0 N–H and O–H groups in total. The maximum Gasteiger partial charge on any atom is 0.0707 e. The standard InChI is InChI=1S/C63H59N/c1-4-46(48-31-33-49(34-32-48)47-20-9-6-10-21-47)23-19-41-64(55(5-2)42-45(3)51-37-39-58-52(43-51)36-35-50-22-15-16-28-57(50)58)56-38-40-60-59-29-17-18-30-61(59)63(62(60)44-56,53-24-11-7-12-25-53)54-26-13-8-14-27-54/h4-7,9-13,15,17-22,24-27,29-36,41,43-44,46,55H,1-3,8,14,16,23,28,37-40,42H2/b41-19+. The lowest BCUT2D eigenvalue weighted by atomic mass is 9.64. The van der Waals surface area contributed by atoms with Crippen LogP contribution in [0.15, 0.2) is 224 Å². The number of allylic oxidation sites excluding steroid dienone is 12. The fourth-order valence-electron chi connectivity index (χ4n) is 11.3. The zero-order valence-corrected chi connectivity index (χ0v) is 37.2. The molecule has 0 bridgehead atoms. The number of nitrogens with zero attached hydrogens (tertiary/aromatic N) is 1. The number of benzene rings is 5. The van der Waals surface area contributed by atoms with Crippen LogP contribution >= 0.6 is 0 Å². The van der Waals surface area contributed by atoms with Crippen LogP contribution in [0.5, 0.6) is 0 Å². The second-order valence-corrected chi connectivity index (χ2v) is 18.1. The molecule has 1 heteroatoms. The molecule has 10 rings (SSSR count). The van der Waals surface area contributed by atoms with Gasteiger partial charge in [0, 0.05) is 17.8 Å². The zero-order valence-electron chi connectivity index (χ0n) is 37.2. The molecule has 1 nitrogen and oxygen atoms in total. The maximum absolute atomic E-state index is 4.81. The third-order valence-corrected chi connectivity index (χ3v) is 14.6. The lowest BCUT2D eigenvalue weighted by Gasteiger charge is -2.39. The minimum atomic E-state index is -0.395. The van der Waals surface area contributed by atoms with E-state index in [2.05, 4.69) is 206 Å². The Morgan fingerprint density at radius 3 is 2.17 bits per heavy atom. The highest BCUT2D eigenvalue weighted by atomic mass is 15.1. The summed E-state index contributed by atoms with van der Waals surface area (Å²) < 4.78 is 0. The van der Waals surface area contributed by atoms with E-state index in [-0.39, 0.29) is 12.0 Å². The van der Waals surface area contributed by atoms with Crippen molar-refractivity contribution in [3.8, 4) is 11.1 Å². The van der Waals surface area contributed by atoms with Crippen molar-refractivity contribution < 1.29 is 0 Å². The van der Waals surface area contributed by atoms with Crippen LogP contribution in [0.1, 0.15) is 102 Å². The first kappa shape index (κ1) is 41.3. The highest BCUT2D eigenvalue weighted by Crippen LogP contribution is 2.58. The van der Waals surface area contributed by atoms with Crippen LogP contribution in [0.3, 0.4) is 0 Å². The topological polar surface area (TPSA) is 3.24 Å². The molecule has 0 fully saturated rings. The summed E-state index contributed by atoms with van der Waals surface area (Å²) in [5.41, 5.74) is 21.5. The molecular formula is C63H59N. The molecule has 0 aliphatic heterocycles. The predicted molar refractivity (Wildman–Crippen MR) is 273 cm³/mol. The van der Waals surface area contributed by atoms with Gasteiger partial charge in [0.25, 0.3) is 0 Å². The Labute approximate surface area is 382 Å².